The molecule has 20 heavy (non-hydrogen) atoms. The number of nitrogen functional groups attached to an aromatic ring is 1. The zero-order valence-corrected chi connectivity index (χ0v) is 13.5. The number of hydrogen-bond acceptors (Lipinski definition) is 3. The number of hydrogen-bond donors (Lipinski definition) is 2. The number of rotatable bonds is 5. The number of nitrogens with zero attached hydrogens (tertiary/aromatic N) is 1. The first-order chi connectivity index (χ1) is 9.31. The van der Waals surface area contributed by atoms with E-state index < -0.39 is 0 Å². The Morgan fingerprint density at radius 2 is 2.05 bits per heavy atom. The molecule has 0 fully saturated rings. The molecule has 0 radical (unpaired) electrons. The predicted molar refractivity (Wildman–Crippen MR) is 83.4 cm³/mol. The summed E-state index contributed by atoms with van der Waals surface area (Å²) in [5, 5.41) is 2.77. The van der Waals surface area contributed by atoms with Gasteiger partial charge < -0.3 is 16.0 Å². The molecular weight excluding hydrogens is 322 g/mol. The van der Waals surface area contributed by atoms with Gasteiger partial charge in [0.25, 0.3) is 5.91 Å². The van der Waals surface area contributed by atoms with Crippen molar-refractivity contribution in [3.8, 4) is 0 Å². The van der Waals surface area contributed by atoms with Crippen molar-refractivity contribution < 1.29 is 9.59 Å². The molecule has 1 rings (SSSR count). The molecule has 3 N–H and O–H groups in total. The average Bonchev–Trinajstić information content (AvgIpc) is 2.38. The molecule has 0 saturated carbocycles. The monoisotopic (exact) mass is 341 g/mol. The van der Waals surface area contributed by atoms with E-state index in [0.29, 0.717) is 23.7 Å². The number of carbonyl (C=O) groups is 2. The van der Waals surface area contributed by atoms with Gasteiger partial charge in [0.1, 0.15) is 0 Å². The van der Waals surface area contributed by atoms with E-state index in [9.17, 15) is 9.59 Å². The summed E-state index contributed by atoms with van der Waals surface area (Å²) in [5.74, 6) is -0.0766. The number of benzene rings is 1. The van der Waals surface area contributed by atoms with Crippen molar-refractivity contribution in [2.75, 3.05) is 25.9 Å². The Labute approximate surface area is 127 Å². The van der Waals surface area contributed by atoms with Crippen LogP contribution in [-0.4, -0.2) is 36.9 Å². The molecule has 0 saturated heterocycles. The van der Waals surface area contributed by atoms with Crippen molar-refractivity contribution in [3.05, 3.63) is 28.2 Å². The Bertz CT molecular complexity index is 503. The molecule has 0 aliphatic carbocycles. The highest BCUT2D eigenvalue weighted by molar-refractivity contribution is 9.10. The largest absolute Gasteiger partial charge is 0.398 e. The smallest absolute Gasteiger partial charge is 0.256 e. The van der Waals surface area contributed by atoms with Crippen molar-refractivity contribution in [3.63, 3.8) is 0 Å². The van der Waals surface area contributed by atoms with Crippen LogP contribution in [0, 0.1) is 5.92 Å². The van der Waals surface area contributed by atoms with Crippen molar-refractivity contribution in [2.24, 2.45) is 5.92 Å². The Hall–Kier alpha value is -1.56. The Morgan fingerprint density at radius 3 is 2.65 bits per heavy atom. The molecule has 5 nitrogen and oxygen atoms in total. The summed E-state index contributed by atoms with van der Waals surface area (Å²) in [6.45, 7) is 4.63. The summed E-state index contributed by atoms with van der Waals surface area (Å²) >= 11 is 3.30. The summed E-state index contributed by atoms with van der Waals surface area (Å²) in [6.07, 6.45) is 0. The summed E-state index contributed by atoms with van der Waals surface area (Å²) in [4.78, 5) is 25.3. The highest BCUT2D eigenvalue weighted by Gasteiger charge is 2.17. The molecule has 0 aliphatic heterocycles. The first-order valence-electron chi connectivity index (χ1n) is 6.38. The van der Waals surface area contributed by atoms with Crippen LogP contribution in [-0.2, 0) is 4.79 Å². The minimum absolute atomic E-state index is 0.0114. The van der Waals surface area contributed by atoms with Gasteiger partial charge >= 0.3 is 0 Å². The second-order valence-electron chi connectivity index (χ2n) is 5.09. The van der Waals surface area contributed by atoms with E-state index >= 15 is 0 Å². The second-order valence-corrected chi connectivity index (χ2v) is 6.01. The normalized spacial score (nSPS) is 10.4. The molecule has 0 spiro atoms. The molecule has 1 aromatic carbocycles. The van der Waals surface area contributed by atoms with Gasteiger partial charge in [-0.25, -0.2) is 0 Å². The van der Waals surface area contributed by atoms with Crippen LogP contribution < -0.4 is 11.1 Å². The third-order valence-corrected chi connectivity index (χ3v) is 3.17. The highest BCUT2D eigenvalue weighted by Crippen LogP contribution is 2.19. The molecule has 0 unspecified atom stereocenters. The number of halogens is 1. The van der Waals surface area contributed by atoms with Crippen LogP contribution in [0.25, 0.3) is 0 Å². The molecule has 0 atom stereocenters. The van der Waals surface area contributed by atoms with E-state index in [-0.39, 0.29) is 18.4 Å². The molecule has 0 heterocycles. The molecule has 6 heteroatoms. The van der Waals surface area contributed by atoms with Crippen LogP contribution in [0.2, 0.25) is 0 Å². The highest BCUT2D eigenvalue weighted by atomic mass is 79.9. The van der Waals surface area contributed by atoms with Crippen LogP contribution in [0.5, 0.6) is 0 Å². The van der Waals surface area contributed by atoms with E-state index in [1.165, 1.54) is 4.90 Å². The third kappa shape index (κ3) is 4.85. The minimum Gasteiger partial charge on any atom is -0.398 e. The van der Waals surface area contributed by atoms with Gasteiger partial charge in [-0.05, 0) is 24.1 Å². The lowest BCUT2D eigenvalue weighted by atomic mass is 10.1. The number of nitrogens with two attached hydrogens (primary N) is 1. The number of amides is 2. The fourth-order valence-corrected chi connectivity index (χ4v) is 1.94. The average molecular weight is 342 g/mol. The van der Waals surface area contributed by atoms with Gasteiger partial charge in [-0.1, -0.05) is 29.8 Å². The number of anilines is 1. The van der Waals surface area contributed by atoms with Crippen LogP contribution in [0.4, 0.5) is 5.69 Å². The Morgan fingerprint density at radius 1 is 1.40 bits per heavy atom. The standard InChI is InChI=1S/C14H20BrN3O2/c1-9(2)7-17-13(19)8-18(3)14(20)11-6-10(15)4-5-12(11)16/h4-6,9H,7-8,16H2,1-3H3,(H,17,19). The SMILES string of the molecule is CC(C)CNC(=O)CN(C)C(=O)c1cc(Br)ccc1N. The fourth-order valence-electron chi connectivity index (χ4n) is 1.58. The molecular formula is C14H20BrN3O2. The quantitative estimate of drug-likeness (QED) is 0.803. The fraction of sp³-hybridized carbons (Fsp3) is 0.429. The Kier molecular flexibility index (Phi) is 6.01. The summed E-state index contributed by atoms with van der Waals surface area (Å²) < 4.78 is 0.771. The Balaban J connectivity index is 2.67. The third-order valence-electron chi connectivity index (χ3n) is 2.68. The predicted octanol–water partition coefficient (Wildman–Crippen LogP) is 1.88. The van der Waals surface area contributed by atoms with Crippen molar-refractivity contribution in [2.45, 2.75) is 13.8 Å². The minimum atomic E-state index is -0.275. The molecule has 2 amide bonds. The van der Waals surface area contributed by atoms with E-state index in [2.05, 4.69) is 21.2 Å². The number of nitrogens with one attached hydrogen (secondary N) is 1. The van der Waals surface area contributed by atoms with E-state index in [1.54, 1.807) is 25.2 Å². The van der Waals surface area contributed by atoms with Gasteiger partial charge in [0, 0.05) is 23.8 Å². The van der Waals surface area contributed by atoms with Crippen LogP contribution in [0.15, 0.2) is 22.7 Å². The summed E-state index contributed by atoms with van der Waals surface area (Å²) in [5.41, 5.74) is 6.57. The molecule has 0 aromatic heterocycles. The maximum Gasteiger partial charge on any atom is 0.256 e. The van der Waals surface area contributed by atoms with Gasteiger partial charge in [0.05, 0.1) is 12.1 Å². The first kappa shape index (κ1) is 16.5. The van der Waals surface area contributed by atoms with E-state index in [4.69, 9.17) is 5.73 Å². The maximum atomic E-state index is 12.2. The van der Waals surface area contributed by atoms with E-state index in [1.807, 2.05) is 13.8 Å². The van der Waals surface area contributed by atoms with E-state index in [0.717, 1.165) is 4.47 Å². The molecule has 1 aromatic rings. The van der Waals surface area contributed by atoms with Crippen LogP contribution >= 0.6 is 15.9 Å². The van der Waals surface area contributed by atoms with Gasteiger partial charge in [-0.2, -0.15) is 0 Å². The molecule has 0 bridgehead atoms. The zero-order valence-electron chi connectivity index (χ0n) is 11.9. The van der Waals surface area contributed by atoms with Crippen LogP contribution in [0.3, 0.4) is 0 Å². The summed E-state index contributed by atoms with van der Waals surface area (Å²) in [7, 11) is 1.58. The summed E-state index contributed by atoms with van der Waals surface area (Å²) in [6, 6.07) is 5.08. The molecule has 0 aliphatic rings. The number of carbonyl (C=O) groups excluding carboxylic acids is 2. The first-order valence-corrected chi connectivity index (χ1v) is 7.17. The lowest BCUT2D eigenvalue weighted by molar-refractivity contribution is -0.121. The second kappa shape index (κ2) is 7.28. The van der Waals surface area contributed by atoms with Gasteiger partial charge in [-0.15, -0.1) is 0 Å². The lowest BCUT2D eigenvalue weighted by Crippen LogP contribution is -2.39. The zero-order chi connectivity index (χ0) is 15.3. The van der Waals surface area contributed by atoms with Crippen LogP contribution in [0.1, 0.15) is 24.2 Å². The number of likely N-dealkylation sites (N-methyl/N-ethyl adjacent to an activating group) is 1. The van der Waals surface area contributed by atoms with Crippen molar-refractivity contribution >= 4 is 33.4 Å². The topological polar surface area (TPSA) is 75.4 Å². The van der Waals surface area contributed by atoms with Gasteiger partial charge in [0.2, 0.25) is 5.91 Å². The lowest BCUT2D eigenvalue weighted by Gasteiger charge is -2.18. The van der Waals surface area contributed by atoms with Crippen molar-refractivity contribution in [1.29, 1.82) is 0 Å². The van der Waals surface area contributed by atoms with Gasteiger partial charge in [0.15, 0.2) is 0 Å². The van der Waals surface area contributed by atoms with Crippen molar-refractivity contribution in [1.82, 2.24) is 10.2 Å². The maximum absolute atomic E-state index is 12.2. The van der Waals surface area contributed by atoms with Gasteiger partial charge in [-0.3, -0.25) is 9.59 Å². The molecule has 110 valence electrons.